The molecule has 168 valence electrons. The molecule has 1 fully saturated rings. The second-order valence-electron chi connectivity index (χ2n) is 8.38. The Kier molecular flexibility index (Phi) is 5.75. The lowest BCUT2D eigenvalue weighted by atomic mass is 9.79. The third-order valence-corrected chi connectivity index (χ3v) is 6.19. The van der Waals surface area contributed by atoms with Crippen LogP contribution in [0.25, 0.3) is 0 Å². The van der Waals surface area contributed by atoms with Crippen molar-refractivity contribution >= 4 is 29.2 Å². The minimum atomic E-state index is -1.27. The molecule has 2 amide bonds. The first-order valence-electron chi connectivity index (χ1n) is 10.7. The van der Waals surface area contributed by atoms with Crippen molar-refractivity contribution in [2.75, 3.05) is 17.2 Å². The van der Waals surface area contributed by atoms with Crippen molar-refractivity contribution in [3.05, 3.63) is 59.2 Å². The SMILES string of the molecule is CCOC(=O)c1ccc(NC(=O)C2CC(C(C)O)NC23C(=O)Nc2ccc(C)cc23)cc1. The van der Waals surface area contributed by atoms with Gasteiger partial charge < -0.3 is 20.5 Å². The molecule has 4 N–H and O–H groups in total. The molecule has 0 aromatic heterocycles. The van der Waals surface area contributed by atoms with Gasteiger partial charge in [-0.1, -0.05) is 17.7 Å². The fraction of sp³-hybridized carbons (Fsp3) is 0.375. The summed E-state index contributed by atoms with van der Waals surface area (Å²) in [5, 5.41) is 19.2. The van der Waals surface area contributed by atoms with Crippen molar-refractivity contribution in [1.82, 2.24) is 5.32 Å². The number of ether oxygens (including phenoxy) is 1. The van der Waals surface area contributed by atoms with Crippen LogP contribution in [-0.2, 0) is 19.9 Å². The van der Waals surface area contributed by atoms with Crippen molar-refractivity contribution in [2.24, 2.45) is 5.92 Å². The molecule has 2 aliphatic heterocycles. The minimum Gasteiger partial charge on any atom is -0.462 e. The van der Waals surface area contributed by atoms with Crippen LogP contribution in [0.2, 0.25) is 0 Å². The van der Waals surface area contributed by atoms with E-state index in [9.17, 15) is 19.5 Å². The van der Waals surface area contributed by atoms with Crippen molar-refractivity contribution < 1.29 is 24.2 Å². The van der Waals surface area contributed by atoms with E-state index in [1.165, 1.54) is 0 Å². The molecule has 32 heavy (non-hydrogen) atoms. The summed E-state index contributed by atoms with van der Waals surface area (Å²) in [6.07, 6.45) is -0.444. The fourth-order valence-electron chi connectivity index (χ4n) is 4.56. The van der Waals surface area contributed by atoms with Gasteiger partial charge in [0, 0.05) is 23.0 Å². The number of anilines is 2. The maximum absolute atomic E-state index is 13.4. The molecule has 0 bridgehead atoms. The summed E-state index contributed by atoms with van der Waals surface area (Å²) in [5.41, 5.74) is 1.96. The summed E-state index contributed by atoms with van der Waals surface area (Å²) in [6.45, 7) is 5.58. The quantitative estimate of drug-likeness (QED) is 0.534. The Labute approximate surface area is 186 Å². The van der Waals surface area contributed by atoms with Crippen molar-refractivity contribution in [3.63, 3.8) is 0 Å². The van der Waals surface area contributed by atoms with E-state index in [0.717, 1.165) is 5.56 Å². The minimum absolute atomic E-state index is 0.279. The van der Waals surface area contributed by atoms with E-state index in [-0.39, 0.29) is 18.4 Å². The van der Waals surface area contributed by atoms with Crippen LogP contribution in [0.15, 0.2) is 42.5 Å². The second-order valence-corrected chi connectivity index (χ2v) is 8.38. The van der Waals surface area contributed by atoms with Crippen LogP contribution in [0.4, 0.5) is 11.4 Å². The van der Waals surface area contributed by atoms with E-state index >= 15 is 0 Å². The Morgan fingerprint density at radius 2 is 1.97 bits per heavy atom. The first-order valence-corrected chi connectivity index (χ1v) is 10.7. The van der Waals surface area contributed by atoms with Crippen LogP contribution in [0, 0.1) is 12.8 Å². The average molecular weight is 437 g/mol. The standard InChI is InChI=1S/C24H27N3O5/c1-4-32-22(30)15-6-8-16(9-7-15)25-21(29)18-12-20(14(3)28)27-24(18)17-11-13(2)5-10-19(17)26-23(24)31/h5-11,14,18,20,27-28H,4,12H2,1-3H3,(H,25,29)(H,26,31). The Hall–Kier alpha value is -3.23. The van der Waals surface area contributed by atoms with Crippen molar-refractivity contribution in [2.45, 2.75) is 44.9 Å². The van der Waals surface area contributed by atoms with Crippen LogP contribution in [0.1, 0.15) is 41.8 Å². The van der Waals surface area contributed by atoms with Crippen molar-refractivity contribution in [3.8, 4) is 0 Å². The number of benzene rings is 2. The van der Waals surface area contributed by atoms with Gasteiger partial charge in [0.1, 0.15) is 5.54 Å². The van der Waals surface area contributed by atoms with E-state index in [1.807, 2.05) is 25.1 Å². The topological polar surface area (TPSA) is 117 Å². The second kappa shape index (κ2) is 8.37. The molecule has 1 saturated heterocycles. The fourth-order valence-corrected chi connectivity index (χ4v) is 4.56. The Balaban J connectivity index is 1.64. The molecule has 4 unspecified atom stereocenters. The summed E-state index contributed by atoms with van der Waals surface area (Å²) in [6, 6.07) is 11.6. The molecule has 8 heteroatoms. The monoisotopic (exact) mass is 437 g/mol. The lowest BCUT2D eigenvalue weighted by Crippen LogP contribution is -2.53. The maximum Gasteiger partial charge on any atom is 0.338 e. The van der Waals surface area contributed by atoms with E-state index in [4.69, 9.17) is 4.74 Å². The molecule has 0 aliphatic carbocycles. The predicted molar refractivity (Wildman–Crippen MR) is 119 cm³/mol. The van der Waals surface area contributed by atoms with E-state index in [0.29, 0.717) is 28.9 Å². The third kappa shape index (κ3) is 3.65. The van der Waals surface area contributed by atoms with Gasteiger partial charge in [0.25, 0.3) is 0 Å². The summed E-state index contributed by atoms with van der Waals surface area (Å²) in [4.78, 5) is 38.4. The smallest absolute Gasteiger partial charge is 0.338 e. The summed E-state index contributed by atoms with van der Waals surface area (Å²) in [7, 11) is 0. The Morgan fingerprint density at radius 1 is 1.25 bits per heavy atom. The lowest BCUT2D eigenvalue weighted by Gasteiger charge is -2.29. The largest absolute Gasteiger partial charge is 0.462 e. The third-order valence-electron chi connectivity index (χ3n) is 6.19. The van der Waals surface area contributed by atoms with Crippen LogP contribution in [-0.4, -0.2) is 41.6 Å². The van der Waals surface area contributed by atoms with Gasteiger partial charge in [-0.15, -0.1) is 0 Å². The van der Waals surface area contributed by atoms with Crippen LogP contribution >= 0.6 is 0 Å². The van der Waals surface area contributed by atoms with Crippen molar-refractivity contribution in [1.29, 1.82) is 0 Å². The highest BCUT2D eigenvalue weighted by atomic mass is 16.5. The van der Waals surface area contributed by atoms with E-state index in [1.54, 1.807) is 38.1 Å². The zero-order chi connectivity index (χ0) is 23.0. The molecule has 4 rings (SSSR count). The number of fused-ring (bicyclic) bond motifs is 2. The highest BCUT2D eigenvalue weighted by Crippen LogP contribution is 2.48. The molecule has 8 nitrogen and oxygen atoms in total. The van der Waals surface area contributed by atoms with E-state index in [2.05, 4.69) is 16.0 Å². The summed E-state index contributed by atoms with van der Waals surface area (Å²) in [5.74, 6) is -1.82. The predicted octanol–water partition coefficient (Wildman–Crippen LogP) is 2.32. The Morgan fingerprint density at radius 3 is 2.62 bits per heavy atom. The summed E-state index contributed by atoms with van der Waals surface area (Å²) < 4.78 is 4.98. The highest BCUT2D eigenvalue weighted by Gasteiger charge is 2.60. The van der Waals surface area contributed by atoms with Gasteiger partial charge in [-0.3, -0.25) is 14.9 Å². The number of nitrogens with one attached hydrogen (secondary N) is 3. The molecule has 1 spiro atoms. The van der Waals surface area contributed by atoms with Crippen LogP contribution < -0.4 is 16.0 Å². The normalized spacial score (nSPS) is 24.7. The molecular formula is C24H27N3O5. The first kappa shape index (κ1) is 22.0. The number of hydrogen-bond acceptors (Lipinski definition) is 6. The zero-order valence-corrected chi connectivity index (χ0v) is 18.3. The maximum atomic E-state index is 13.4. The highest BCUT2D eigenvalue weighted by molar-refractivity contribution is 6.10. The number of carbonyl (C=O) groups excluding carboxylic acids is 3. The lowest BCUT2D eigenvalue weighted by molar-refractivity contribution is -0.130. The van der Waals surface area contributed by atoms with Gasteiger partial charge in [0.15, 0.2) is 0 Å². The molecule has 2 heterocycles. The zero-order valence-electron chi connectivity index (χ0n) is 18.3. The molecule has 2 aromatic rings. The number of hydrogen-bond donors (Lipinski definition) is 4. The van der Waals surface area contributed by atoms with Crippen LogP contribution in [0.5, 0.6) is 0 Å². The molecular weight excluding hydrogens is 410 g/mol. The number of amides is 2. The van der Waals surface area contributed by atoms with Gasteiger partial charge in [-0.25, -0.2) is 4.79 Å². The molecule has 0 radical (unpaired) electrons. The van der Waals surface area contributed by atoms with Gasteiger partial charge in [-0.2, -0.15) is 0 Å². The number of aliphatic hydroxyl groups is 1. The number of aryl methyl sites for hydroxylation is 1. The van der Waals surface area contributed by atoms with Crippen LogP contribution in [0.3, 0.4) is 0 Å². The van der Waals surface area contributed by atoms with Gasteiger partial charge in [-0.05, 0) is 57.5 Å². The molecule has 0 saturated carbocycles. The molecule has 4 atom stereocenters. The molecule has 2 aromatic carbocycles. The average Bonchev–Trinajstić information content (AvgIpc) is 3.29. The first-order chi connectivity index (χ1) is 15.3. The summed E-state index contributed by atoms with van der Waals surface area (Å²) >= 11 is 0. The van der Waals surface area contributed by atoms with Gasteiger partial charge >= 0.3 is 5.97 Å². The number of esters is 1. The van der Waals surface area contributed by atoms with Gasteiger partial charge in [0.2, 0.25) is 11.8 Å². The number of carbonyl (C=O) groups is 3. The van der Waals surface area contributed by atoms with E-state index < -0.39 is 29.6 Å². The number of rotatable bonds is 5. The molecule has 2 aliphatic rings. The van der Waals surface area contributed by atoms with Gasteiger partial charge in [0.05, 0.1) is 24.2 Å². The number of aliphatic hydroxyl groups excluding tert-OH is 1. The Bertz CT molecular complexity index is 1070.